The van der Waals surface area contributed by atoms with Crippen LogP contribution in [0.4, 0.5) is 0 Å². The van der Waals surface area contributed by atoms with Crippen molar-refractivity contribution in [1.29, 1.82) is 0 Å². The van der Waals surface area contributed by atoms with Gasteiger partial charge in [0.25, 0.3) is 0 Å². The molecule has 3 heteroatoms. The Hall–Kier alpha value is -1.06. The van der Waals surface area contributed by atoms with Crippen LogP contribution in [0.2, 0.25) is 0 Å². The van der Waals surface area contributed by atoms with Crippen LogP contribution in [0.3, 0.4) is 0 Å². The van der Waals surface area contributed by atoms with Crippen molar-refractivity contribution in [1.82, 2.24) is 10.6 Å². The maximum Gasteiger partial charge on any atom is 0.123 e. The number of nitrogens with one attached hydrogen (secondary N) is 2. The van der Waals surface area contributed by atoms with E-state index in [9.17, 15) is 0 Å². The molecule has 0 heterocycles. The molecule has 2 rings (SSSR count). The van der Waals surface area contributed by atoms with E-state index in [0.29, 0.717) is 0 Å². The fourth-order valence-electron chi connectivity index (χ4n) is 2.01. The lowest BCUT2D eigenvalue weighted by molar-refractivity contribution is 0.407. The van der Waals surface area contributed by atoms with Gasteiger partial charge in [0.1, 0.15) is 5.75 Å². The zero-order valence-corrected chi connectivity index (χ0v) is 11.4. The van der Waals surface area contributed by atoms with Gasteiger partial charge in [-0.05, 0) is 37.7 Å². The van der Waals surface area contributed by atoms with Gasteiger partial charge in [0.15, 0.2) is 0 Å². The van der Waals surface area contributed by atoms with Crippen LogP contribution < -0.4 is 15.4 Å². The van der Waals surface area contributed by atoms with Crippen molar-refractivity contribution in [2.75, 3.05) is 26.7 Å². The molecule has 5 radical (unpaired) electrons. The third-order valence-electron chi connectivity index (χ3n) is 3.05. The smallest absolute Gasteiger partial charge is 0.123 e. The predicted molar refractivity (Wildman–Crippen MR) is 78.0 cm³/mol. The molecule has 0 atom stereocenters. The van der Waals surface area contributed by atoms with E-state index in [1.165, 1.54) is 11.5 Å². The Bertz CT molecular complexity index is 362. The molecule has 0 aromatic heterocycles. The van der Waals surface area contributed by atoms with Gasteiger partial charge in [-0.3, -0.25) is 0 Å². The molecular weight excluding hydrogens is 236 g/mol. The molecule has 1 aromatic rings. The molecule has 19 heavy (non-hydrogen) atoms. The number of para-hydroxylation sites is 1. The fourth-order valence-corrected chi connectivity index (χ4v) is 2.01. The second-order valence-electron chi connectivity index (χ2n) is 4.46. The monoisotopic (exact) mass is 257 g/mol. The molecule has 1 fully saturated rings. The van der Waals surface area contributed by atoms with Crippen LogP contribution in [-0.4, -0.2) is 26.7 Å². The van der Waals surface area contributed by atoms with Crippen molar-refractivity contribution in [2.45, 2.75) is 6.54 Å². The van der Waals surface area contributed by atoms with Crippen molar-refractivity contribution in [3.63, 3.8) is 0 Å². The molecular formula is C16H21N2O. The van der Waals surface area contributed by atoms with E-state index in [1.807, 2.05) is 18.2 Å². The van der Waals surface area contributed by atoms with E-state index in [2.05, 4.69) is 42.4 Å². The molecule has 0 spiro atoms. The van der Waals surface area contributed by atoms with Gasteiger partial charge in [-0.2, -0.15) is 0 Å². The Balaban J connectivity index is 1.56. The molecule has 2 N–H and O–H groups in total. The summed E-state index contributed by atoms with van der Waals surface area (Å²) in [5.41, 5.74) is 1.20. The highest BCUT2D eigenvalue weighted by atomic mass is 16.5. The second-order valence-corrected chi connectivity index (χ2v) is 4.46. The van der Waals surface area contributed by atoms with Gasteiger partial charge in [0.05, 0.1) is 7.11 Å². The number of methoxy groups -OCH3 is 1. The molecule has 0 unspecified atom stereocenters. The molecule has 1 saturated carbocycles. The molecule has 0 aliphatic heterocycles. The predicted octanol–water partition coefficient (Wildman–Crippen LogP) is 1.78. The summed E-state index contributed by atoms with van der Waals surface area (Å²) in [6.07, 6.45) is 8.40. The normalized spacial score (nSPS) is 15.8. The van der Waals surface area contributed by atoms with Crippen LogP contribution in [0.15, 0.2) is 24.3 Å². The average molecular weight is 257 g/mol. The van der Waals surface area contributed by atoms with Gasteiger partial charge in [0, 0.05) is 31.7 Å². The van der Waals surface area contributed by atoms with E-state index in [1.54, 1.807) is 7.11 Å². The lowest BCUT2D eigenvalue weighted by Crippen LogP contribution is -2.29. The Kier molecular flexibility index (Phi) is 6.18. The van der Waals surface area contributed by atoms with Gasteiger partial charge < -0.3 is 15.4 Å². The molecule has 3 nitrogen and oxygen atoms in total. The fraction of sp³-hybridized carbons (Fsp3) is 0.312. The summed E-state index contributed by atoms with van der Waals surface area (Å²) in [5.74, 6) is 2.28. The number of hydrogen-bond donors (Lipinski definition) is 2. The number of benzene rings is 1. The van der Waals surface area contributed by atoms with Crippen molar-refractivity contribution in [2.24, 2.45) is 0 Å². The van der Waals surface area contributed by atoms with E-state index < -0.39 is 0 Å². The molecule has 0 saturated heterocycles. The summed E-state index contributed by atoms with van der Waals surface area (Å²) in [6, 6.07) is 8.10. The number of rotatable bonds is 8. The minimum Gasteiger partial charge on any atom is -0.496 e. The molecule has 1 aliphatic rings. The summed E-state index contributed by atoms with van der Waals surface area (Å²) >= 11 is 0. The summed E-state index contributed by atoms with van der Waals surface area (Å²) < 4.78 is 5.32. The van der Waals surface area contributed by atoms with Crippen LogP contribution in [-0.2, 0) is 6.54 Å². The summed E-state index contributed by atoms with van der Waals surface area (Å²) in [4.78, 5) is 0. The van der Waals surface area contributed by atoms with Crippen LogP contribution in [0.1, 0.15) is 5.56 Å². The molecule has 1 aliphatic carbocycles. The van der Waals surface area contributed by atoms with Crippen LogP contribution in [0.5, 0.6) is 5.75 Å². The number of ether oxygens (including phenoxy) is 1. The van der Waals surface area contributed by atoms with Gasteiger partial charge in [-0.1, -0.05) is 18.2 Å². The highest BCUT2D eigenvalue weighted by Crippen LogP contribution is 2.21. The Morgan fingerprint density at radius 1 is 0.947 bits per heavy atom. The first kappa shape index (κ1) is 14.4. The topological polar surface area (TPSA) is 33.3 Å². The minimum atomic E-state index is 0.835. The lowest BCUT2D eigenvalue weighted by Gasteiger charge is -2.11. The first-order valence-electron chi connectivity index (χ1n) is 6.64. The maximum atomic E-state index is 5.32. The van der Waals surface area contributed by atoms with Crippen molar-refractivity contribution in [3.05, 3.63) is 61.4 Å². The molecule has 101 valence electrons. The van der Waals surface area contributed by atoms with E-state index >= 15 is 0 Å². The van der Waals surface area contributed by atoms with Crippen molar-refractivity contribution < 1.29 is 4.74 Å². The summed E-state index contributed by atoms with van der Waals surface area (Å²) in [6.45, 7) is 3.67. The first-order chi connectivity index (χ1) is 9.40. The second kappa shape index (κ2) is 8.18. The van der Waals surface area contributed by atoms with Gasteiger partial charge in [-0.15, -0.1) is 0 Å². The minimum absolute atomic E-state index is 0.835. The van der Waals surface area contributed by atoms with E-state index in [0.717, 1.165) is 31.9 Å². The number of hydrogen-bond acceptors (Lipinski definition) is 3. The third kappa shape index (κ3) is 4.84. The standard InChI is InChI=1S/C16H21N2O/c1-19-16-9-5-4-8-15(16)13-18-11-10-17-12-14-6-2-3-7-14/h2-9,17-18H,10-13H2,1H3. The average Bonchev–Trinajstić information content (AvgIpc) is 2.96. The molecule has 1 aromatic carbocycles. The van der Waals surface area contributed by atoms with Crippen LogP contribution in [0, 0.1) is 31.6 Å². The quantitative estimate of drug-likeness (QED) is 0.697. The Morgan fingerprint density at radius 3 is 2.37 bits per heavy atom. The van der Waals surface area contributed by atoms with Gasteiger partial charge in [-0.25, -0.2) is 0 Å². The summed E-state index contributed by atoms with van der Waals surface area (Å²) in [5, 5.41) is 6.82. The van der Waals surface area contributed by atoms with Crippen molar-refractivity contribution >= 4 is 0 Å². The Labute approximate surface area is 116 Å². The van der Waals surface area contributed by atoms with Crippen LogP contribution in [0.25, 0.3) is 0 Å². The highest BCUT2D eigenvalue weighted by Gasteiger charge is 2.15. The summed E-state index contributed by atoms with van der Waals surface area (Å²) in [7, 11) is 1.71. The van der Waals surface area contributed by atoms with Gasteiger partial charge >= 0.3 is 0 Å². The molecule has 0 amide bonds. The van der Waals surface area contributed by atoms with Gasteiger partial charge in [0.2, 0.25) is 0 Å². The van der Waals surface area contributed by atoms with E-state index in [-0.39, 0.29) is 0 Å². The zero-order valence-electron chi connectivity index (χ0n) is 11.4. The zero-order chi connectivity index (χ0) is 13.3. The highest BCUT2D eigenvalue weighted by molar-refractivity contribution is 5.36. The Morgan fingerprint density at radius 2 is 1.63 bits per heavy atom. The lowest BCUT2D eigenvalue weighted by atomic mass is 10.1. The maximum absolute atomic E-state index is 5.32. The first-order valence-corrected chi connectivity index (χ1v) is 6.64. The van der Waals surface area contributed by atoms with Crippen LogP contribution >= 0.6 is 0 Å². The van der Waals surface area contributed by atoms with Crippen molar-refractivity contribution in [3.8, 4) is 5.75 Å². The van der Waals surface area contributed by atoms with E-state index in [4.69, 9.17) is 4.74 Å². The third-order valence-corrected chi connectivity index (χ3v) is 3.05. The SMILES string of the molecule is COc1ccccc1CNCCNC[C]1[CH][CH][CH][CH]1. The molecule has 0 bridgehead atoms. The largest absolute Gasteiger partial charge is 0.496 e.